The second-order valence-electron chi connectivity index (χ2n) is 5.76. The maximum Gasteiger partial charge on any atom is 0.133 e. The molecule has 1 N–H and O–H groups in total. The van der Waals surface area contributed by atoms with Crippen LogP contribution in [0.4, 0.5) is 0 Å². The standard InChI is InChI=1S/C19H24O2/c1-5-17(20)16-8-6-7-9-18(16)21-19-12-14(4)10-11-15(19)13(2)3/h6-13,17,20H,5H2,1-4H3/t17-/m0/s1. The molecule has 0 saturated heterocycles. The third-order valence-electron chi connectivity index (χ3n) is 3.68. The lowest BCUT2D eigenvalue weighted by Gasteiger charge is -2.18. The number of hydrogen-bond donors (Lipinski definition) is 1. The van der Waals surface area contributed by atoms with Crippen LogP contribution >= 0.6 is 0 Å². The number of aliphatic hydroxyl groups is 1. The number of benzene rings is 2. The lowest BCUT2D eigenvalue weighted by Crippen LogP contribution is -2.00. The second-order valence-corrected chi connectivity index (χ2v) is 5.76. The number of para-hydroxylation sites is 1. The van der Waals surface area contributed by atoms with Crippen LogP contribution in [-0.2, 0) is 0 Å². The van der Waals surface area contributed by atoms with E-state index in [0.717, 1.165) is 17.1 Å². The van der Waals surface area contributed by atoms with Crippen molar-refractivity contribution in [3.05, 3.63) is 59.2 Å². The molecule has 112 valence electrons. The number of hydrogen-bond acceptors (Lipinski definition) is 2. The average Bonchev–Trinajstić information content (AvgIpc) is 2.47. The molecule has 0 saturated carbocycles. The number of ether oxygens (including phenoxy) is 1. The zero-order valence-corrected chi connectivity index (χ0v) is 13.3. The van der Waals surface area contributed by atoms with Crippen molar-refractivity contribution in [2.24, 2.45) is 0 Å². The molecule has 2 heteroatoms. The van der Waals surface area contributed by atoms with Gasteiger partial charge in [0, 0.05) is 5.56 Å². The third kappa shape index (κ3) is 3.64. The van der Waals surface area contributed by atoms with Gasteiger partial charge in [-0.25, -0.2) is 0 Å². The summed E-state index contributed by atoms with van der Waals surface area (Å²) in [5.41, 5.74) is 3.19. The molecule has 2 nitrogen and oxygen atoms in total. The highest BCUT2D eigenvalue weighted by molar-refractivity contribution is 5.44. The zero-order chi connectivity index (χ0) is 15.4. The van der Waals surface area contributed by atoms with Crippen molar-refractivity contribution in [2.45, 2.75) is 46.1 Å². The average molecular weight is 284 g/mol. The van der Waals surface area contributed by atoms with Gasteiger partial charge in [-0.2, -0.15) is 0 Å². The summed E-state index contributed by atoms with van der Waals surface area (Å²) in [5, 5.41) is 10.1. The molecule has 0 heterocycles. The molecule has 0 fully saturated rings. The van der Waals surface area contributed by atoms with E-state index in [9.17, 15) is 5.11 Å². The van der Waals surface area contributed by atoms with Crippen molar-refractivity contribution in [3.8, 4) is 11.5 Å². The van der Waals surface area contributed by atoms with Crippen molar-refractivity contribution >= 4 is 0 Å². The number of aryl methyl sites for hydroxylation is 1. The minimum Gasteiger partial charge on any atom is -0.457 e. The van der Waals surface area contributed by atoms with Crippen molar-refractivity contribution in [1.29, 1.82) is 0 Å². The van der Waals surface area contributed by atoms with Gasteiger partial charge >= 0.3 is 0 Å². The molecule has 0 aromatic heterocycles. The summed E-state index contributed by atoms with van der Waals surface area (Å²) >= 11 is 0. The van der Waals surface area contributed by atoms with Crippen LogP contribution in [0, 0.1) is 6.92 Å². The van der Waals surface area contributed by atoms with E-state index >= 15 is 0 Å². The summed E-state index contributed by atoms with van der Waals surface area (Å²) in [7, 11) is 0. The van der Waals surface area contributed by atoms with Crippen LogP contribution in [0.1, 0.15) is 55.9 Å². The van der Waals surface area contributed by atoms with E-state index in [1.807, 2.05) is 31.2 Å². The summed E-state index contributed by atoms with van der Waals surface area (Å²) in [6.07, 6.45) is 0.180. The predicted molar refractivity (Wildman–Crippen MR) is 87.0 cm³/mol. The van der Waals surface area contributed by atoms with Crippen LogP contribution in [0.15, 0.2) is 42.5 Å². The highest BCUT2D eigenvalue weighted by Gasteiger charge is 2.14. The first-order chi connectivity index (χ1) is 10.0. The number of aliphatic hydroxyl groups excluding tert-OH is 1. The van der Waals surface area contributed by atoms with Crippen molar-refractivity contribution in [2.75, 3.05) is 0 Å². The smallest absolute Gasteiger partial charge is 0.133 e. The van der Waals surface area contributed by atoms with Crippen LogP contribution in [0.2, 0.25) is 0 Å². The van der Waals surface area contributed by atoms with Crippen LogP contribution < -0.4 is 4.74 Å². The molecule has 0 bridgehead atoms. The molecule has 0 radical (unpaired) electrons. The molecular formula is C19H24O2. The maximum absolute atomic E-state index is 10.1. The summed E-state index contributed by atoms with van der Waals surface area (Å²) < 4.78 is 6.15. The molecular weight excluding hydrogens is 260 g/mol. The minimum atomic E-state index is -0.492. The topological polar surface area (TPSA) is 29.5 Å². The molecule has 1 atom stereocenters. The molecule has 0 unspecified atom stereocenters. The fourth-order valence-electron chi connectivity index (χ4n) is 2.39. The van der Waals surface area contributed by atoms with Gasteiger partial charge in [-0.15, -0.1) is 0 Å². The Morgan fingerprint density at radius 1 is 1.00 bits per heavy atom. The Balaban J connectivity index is 2.41. The van der Waals surface area contributed by atoms with Crippen molar-refractivity contribution in [3.63, 3.8) is 0 Å². The SMILES string of the molecule is CC[C@H](O)c1ccccc1Oc1cc(C)ccc1C(C)C. The van der Waals surface area contributed by atoms with Gasteiger partial charge in [-0.3, -0.25) is 0 Å². The molecule has 0 aliphatic rings. The lowest BCUT2D eigenvalue weighted by molar-refractivity contribution is 0.170. The van der Waals surface area contributed by atoms with Gasteiger partial charge in [0.25, 0.3) is 0 Å². The van der Waals surface area contributed by atoms with E-state index in [-0.39, 0.29) is 0 Å². The second kappa shape index (κ2) is 6.77. The summed E-state index contributed by atoms with van der Waals surface area (Å²) in [4.78, 5) is 0. The Labute approximate surface area is 127 Å². The summed E-state index contributed by atoms with van der Waals surface area (Å²) in [6.45, 7) is 8.34. The summed E-state index contributed by atoms with van der Waals surface area (Å²) in [5.74, 6) is 2.00. The lowest BCUT2D eigenvalue weighted by atomic mass is 10.0. The molecule has 0 amide bonds. The minimum absolute atomic E-state index is 0.392. The van der Waals surface area contributed by atoms with E-state index in [2.05, 4.69) is 39.0 Å². The highest BCUT2D eigenvalue weighted by Crippen LogP contribution is 2.35. The number of rotatable bonds is 5. The van der Waals surface area contributed by atoms with Crippen molar-refractivity contribution < 1.29 is 9.84 Å². The van der Waals surface area contributed by atoms with Crippen molar-refractivity contribution in [1.82, 2.24) is 0 Å². The highest BCUT2D eigenvalue weighted by atomic mass is 16.5. The Morgan fingerprint density at radius 2 is 1.71 bits per heavy atom. The van der Waals surface area contributed by atoms with E-state index < -0.39 is 6.10 Å². The third-order valence-corrected chi connectivity index (χ3v) is 3.68. The van der Waals surface area contributed by atoms with Gasteiger partial charge in [0.2, 0.25) is 0 Å². The molecule has 2 rings (SSSR count). The molecule has 0 aliphatic carbocycles. The van der Waals surface area contributed by atoms with Crippen LogP contribution in [-0.4, -0.2) is 5.11 Å². The Kier molecular flexibility index (Phi) is 5.03. The first-order valence-corrected chi connectivity index (χ1v) is 7.58. The Hall–Kier alpha value is -1.80. The van der Waals surface area contributed by atoms with Crippen LogP contribution in [0.5, 0.6) is 11.5 Å². The van der Waals surface area contributed by atoms with Gasteiger partial charge in [-0.05, 0) is 42.5 Å². The fraction of sp³-hybridized carbons (Fsp3) is 0.368. The molecule has 0 aliphatic heterocycles. The maximum atomic E-state index is 10.1. The van der Waals surface area contributed by atoms with E-state index in [4.69, 9.17) is 4.74 Å². The normalized spacial score (nSPS) is 12.5. The Bertz CT molecular complexity index is 602. The van der Waals surface area contributed by atoms with E-state index in [1.165, 1.54) is 11.1 Å². The Morgan fingerprint density at radius 3 is 2.38 bits per heavy atom. The van der Waals surface area contributed by atoms with E-state index in [1.54, 1.807) is 0 Å². The quantitative estimate of drug-likeness (QED) is 0.801. The molecule has 2 aromatic rings. The fourth-order valence-corrected chi connectivity index (χ4v) is 2.39. The van der Waals surface area contributed by atoms with Gasteiger partial charge in [0.1, 0.15) is 11.5 Å². The predicted octanol–water partition coefficient (Wildman–Crippen LogP) is 5.35. The van der Waals surface area contributed by atoms with E-state index in [0.29, 0.717) is 12.3 Å². The monoisotopic (exact) mass is 284 g/mol. The van der Waals surface area contributed by atoms with Crippen LogP contribution in [0.25, 0.3) is 0 Å². The van der Waals surface area contributed by atoms with Gasteiger partial charge < -0.3 is 9.84 Å². The summed E-state index contributed by atoms with van der Waals surface area (Å²) in [6, 6.07) is 14.0. The zero-order valence-electron chi connectivity index (χ0n) is 13.3. The molecule has 0 spiro atoms. The van der Waals surface area contributed by atoms with Gasteiger partial charge in [0.05, 0.1) is 6.10 Å². The first kappa shape index (κ1) is 15.6. The molecule has 21 heavy (non-hydrogen) atoms. The first-order valence-electron chi connectivity index (χ1n) is 7.58. The largest absolute Gasteiger partial charge is 0.457 e. The van der Waals surface area contributed by atoms with Gasteiger partial charge in [-0.1, -0.05) is 51.1 Å². The molecule has 2 aromatic carbocycles. The van der Waals surface area contributed by atoms with Crippen LogP contribution in [0.3, 0.4) is 0 Å². The van der Waals surface area contributed by atoms with Gasteiger partial charge in [0.15, 0.2) is 0 Å².